The molecule has 6 heteroatoms. The number of nitrogens with zero attached hydrogens (tertiary/aromatic N) is 2. The third-order valence-electron chi connectivity index (χ3n) is 5.73. The molecule has 5 nitrogen and oxygen atoms in total. The number of urea groups is 1. The van der Waals surface area contributed by atoms with E-state index in [1.807, 2.05) is 17.0 Å². The molecule has 3 fully saturated rings. The molecular weight excluding hydrogens is 338 g/mol. The fourth-order valence-corrected chi connectivity index (χ4v) is 4.34. The SMILES string of the molecule is O=C(Nc1ccc(Cl)cc1)N1CCC[C@]2(CCC(=O)N(C3CC3)C2)C1. The lowest BCUT2D eigenvalue weighted by Crippen LogP contribution is -2.56. The molecule has 2 heterocycles. The lowest BCUT2D eigenvalue weighted by Gasteiger charge is -2.48. The van der Waals surface area contributed by atoms with Gasteiger partial charge in [-0.2, -0.15) is 0 Å². The lowest BCUT2D eigenvalue weighted by atomic mass is 9.73. The summed E-state index contributed by atoms with van der Waals surface area (Å²) in [4.78, 5) is 28.9. The van der Waals surface area contributed by atoms with E-state index in [1.165, 1.54) is 0 Å². The van der Waals surface area contributed by atoms with Gasteiger partial charge in [0.05, 0.1) is 0 Å². The van der Waals surface area contributed by atoms with Crippen molar-refractivity contribution < 1.29 is 9.59 Å². The molecule has 4 rings (SSSR count). The quantitative estimate of drug-likeness (QED) is 0.872. The minimum Gasteiger partial charge on any atom is -0.339 e. The van der Waals surface area contributed by atoms with Crippen LogP contribution >= 0.6 is 11.6 Å². The summed E-state index contributed by atoms with van der Waals surface area (Å²) >= 11 is 5.90. The van der Waals surface area contributed by atoms with Gasteiger partial charge in [-0.25, -0.2) is 4.79 Å². The molecule has 0 bridgehead atoms. The van der Waals surface area contributed by atoms with Crippen LogP contribution in [0.5, 0.6) is 0 Å². The van der Waals surface area contributed by atoms with Crippen molar-refractivity contribution in [2.45, 2.75) is 44.6 Å². The monoisotopic (exact) mass is 361 g/mol. The van der Waals surface area contributed by atoms with Gasteiger partial charge in [-0.1, -0.05) is 11.6 Å². The van der Waals surface area contributed by atoms with Crippen LogP contribution in [0.4, 0.5) is 10.5 Å². The molecule has 3 aliphatic rings. The molecule has 1 N–H and O–H groups in total. The summed E-state index contributed by atoms with van der Waals surface area (Å²) in [5.41, 5.74) is 0.832. The molecule has 0 aromatic heterocycles. The molecule has 1 aliphatic carbocycles. The molecular formula is C19H24ClN3O2. The largest absolute Gasteiger partial charge is 0.339 e. The summed E-state index contributed by atoms with van der Waals surface area (Å²) in [6.07, 6.45) is 5.92. The van der Waals surface area contributed by atoms with Gasteiger partial charge in [0.25, 0.3) is 0 Å². The second-order valence-electron chi connectivity index (χ2n) is 7.71. The fourth-order valence-electron chi connectivity index (χ4n) is 4.21. The Morgan fingerprint density at radius 1 is 1.16 bits per heavy atom. The number of carbonyl (C=O) groups is 2. The first-order chi connectivity index (χ1) is 12.0. The van der Waals surface area contributed by atoms with E-state index in [9.17, 15) is 9.59 Å². The van der Waals surface area contributed by atoms with Crippen LogP contribution in [-0.4, -0.2) is 47.4 Å². The normalized spacial score (nSPS) is 26.8. The Morgan fingerprint density at radius 2 is 1.92 bits per heavy atom. The third-order valence-corrected chi connectivity index (χ3v) is 5.98. The van der Waals surface area contributed by atoms with E-state index in [1.54, 1.807) is 12.1 Å². The highest BCUT2D eigenvalue weighted by molar-refractivity contribution is 6.30. The van der Waals surface area contributed by atoms with Crippen molar-refractivity contribution in [3.63, 3.8) is 0 Å². The molecule has 2 aliphatic heterocycles. The van der Waals surface area contributed by atoms with Crippen molar-refractivity contribution >= 4 is 29.2 Å². The zero-order chi connectivity index (χ0) is 17.4. The number of likely N-dealkylation sites (tertiary alicyclic amines) is 2. The smallest absolute Gasteiger partial charge is 0.321 e. The molecule has 0 radical (unpaired) electrons. The van der Waals surface area contributed by atoms with Crippen molar-refractivity contribution in [1.29, 1.82) is 0 Å². The van der Waals surface area contributed by atoms with Crippen LogP contribution in [0.3, 0.4) is 0 Å². The van der Waals surface area contributed by atoms with E-state index < -0.39 is 0 Å². The highest BCUT2D eigenvalue weighted by Gasteiger charge is 2.46. The summed E-state index contributed by atoms with van der Waals surface area (Å²) in [5, 5.41) is 3.62. The highest BCUT2D eigenvalue weighted by atomic mass is 35.5. The Hall–Kier alpha value is -1.75. The Balaban J connectivity index is 1.42. The maximum absolute atomic E-state index is 12.7. The number of anilines is 1. The van der Waals surface area contributed by atoms with Gasteiger partial charge in [-0.05, 0) is 56.4 Å². The second-order valence-corrected chi connectivity index (χ2v) is 8.15. The van der Waals surface area contributed by atoms with Crippen LogP contribution in [-0.2, 0) is 4.79 Å². The summed E-state index contributed by atoms with van der Waals surface area (Å²) in [5.74, 6) is 0.302. The van der Waals surface area contributed by atoms with Crippen molar-refractivity contribution in [2.75, 3.05) is 25.0 Å². The van der Waals surface area contributed by atoms with E-state index in [-0.39, 0.29) is 11.4 Å². The van der Waals surface area contributed by atoms with Gasteiger partial charge >= 0.3 is 6.03 Å². The van der Waals surface area contributed by atoms with Crippen LogP contribution in [0, 0.1) is 5.41 Å². The molecule has 2 saturated heterocycles. The number of amides is 3. The summed E-state index contributed by atoms with van der Waals surface area (Å²) in [6, 6.07) is 7.58. The number of halogens is 1. The maximum Gasteiger partial charge on any atom is 0.321 e. The predicted molar refractivity (Wildman–Crippen MR) is 97.7 cm³/mol. The number of hydrogen-bond acceptors (Lipinski definition) is 2. The Bertz CT molecular complexity index is 674. The van der Waals surface area contributed by atoms with Crippen molar-refractivity contribution in [3.8, 4) is 0 Å². The minimum atomic E-state index is -0.0590. The van der Waals surface area contributed by atoms with Gasteiger partial charge in [0.15, 0.2) is 0 Å². The van der Waals surface area contributed by atoms with E-state index in [4.69, 9.17) is 11.6 Å². The molecule has 1 atom stereocenters. The lowest BCUT2D eigenvalue weighted by molar-refractivity contribution is -0.139. The average Bonchev–Trinajstić information content (AvgIpc) is 3.44. The van der Waals surface area contributed by atoms with Crippen LogP contribution < -0.4 is 5.32 Å². The van der Waals surface area contributed by atoms with Crippen LogP contribution in [0.2, 0.25) is 5.02 Å². The first-order valence-electron chi connectivity index (χ1n) is 9.16. The van der Waals surface area contributed by atoms with Gasteiger partial charge in [-0.3, -0.25) is 4.79 Å². The van der Waals surface area contributed by atoms with Crippen LogP contribution in [0.15, 0.2) is 24.3 Å². The van der Waals surface area contributed by atoms with Gasteiger partial charge in [0, 0.05) is 48.2 Å². The predicted octanol–water partition coefficient (Wildman–Crippen LogP) is 3.74. The maximum atomic E-state index is 12.7. The third kappa shape index (κ3) is 3.61. The van der Waals surface area contributed by atoms with E-state index in [2.05, 4.69) is 10.2 Å². The number of piperidine rings is 2. The first kappa shape index (κ1) is 16.7. The Kier molecular flexibility index (Phi) is 4.36. The number of carbonyl (C=O) groups excluding carboxylic acids is 2. The van der Waals surface area contributed by atoms with Crippen molar-refractivity contribution in [3.05, 3.63) is 29.3 Å². The topological polar surface area (TPSA) is 52.7 Å². The summed E-state index contributed by atoms with van der Waals surface area (Å²) in [7, 11) is 0. The molecule has 3 amide bonds. The Labute approximate surface area is 153 Å². The average molecular weight is 362 g/mol. The van der Waals surface area contributed by atoms with Gasteiger partial charge < -0.3 is 15.1 Å². The standard InChI is InChI=1S/C19H24ClN3O2/c20-14-2-4-15(5-3-14)21-18(25)22-11-1-9-19(12-22)10-8-17(24)23(13-19)16-6-7-16/h2-5,16H,1,6-13H2,(H,21,25)/t19-/m0/s1. The Morgan fingerprint density at radius 3 is 2.64 bits per heavy atom. The molecule has 25 heavy (non-hydrogen) atoms. The highest BCUT2D eigenvalue weighted by Crippen LogP contribution is 2.42. The zero-order valence-electron chi connectivity index (χ0n) is 14.3. The van der Waals surface area contributed by atoms with Gasteiger partial charge in [0.2, 0.25) is 5.91 Å². The number of nitrogens with one attached hydrogen (secondary N) is 1. The van der Waals surface area contributed by atoms with E-state index >= 15 is 0 Å². The van der Waals surface area contributed by atoms with E-state index in [0.29, 0.717) is 23.4 Å². The number of benzene rings is 1. The van der Waals surface area contributed by atoms with Crippen LogP contribution in [0.1, 0.15) is 38.5 Å². The van der Waals surface area contributed by atoms with Crippen molar-refractivity contribution in [1.82, 2.24) is 9.80 Å². The molecule has 1 saturated carbocycles. The van der Waals surface area contributed by atoms with Crippen molar-refractivity contribution in [2.24, 2.45) is 5.41 Å². The molecule has 0 unspecified atom stereocenters. The fraction of sp³-hybridized carbons (Fsp3) is 0.579. The van der Waals surface area contributed by atoms with Crippen LogP contribution in [0.25, 0.3) is 0 Å². The molecule has 1 spiro atoms. The van der Waals surface area contributed by atoms with E-state index in [0.717, 1.165) is 57.4 Å². The first-order valence-corrected chi connectivity index (χ1v) is 9.53. The molecule has 134 valence electrons. The molecule has 1 aromatic carbocycles. The number of hydrogen-bond donors (Lipinski definition) is 1. The summed E-state index contributed by atoms with van der Waals surface area (Å²) < 4.78 is 0. The van der Waals surface area contributed by atoms with Gasteiger partial charge in [-0.15, -0.1) is 0 Å². The second kappa shape index (κ2) is 6.52. The summed E-state index contributed by atoms with van der Waals surface area (Å²) in [6.45, 7) is 2.34. The number of rotatable bonds is 2. The minimum absolute atomic E-state index is 0.0590. The molecule has 1 aromatic rings. The zero-order valence-corrected chi connectivity index (χ0v) is 15.1. The van der Waals surface area contributed by atoms with Gasteiger partial charge in [0.1, 0.15) is 0 Å².